The largest absolute Gasteiger partial charge is 0.360 e. The molecule has 6 heteroatoms. The van der Waals surface area contributed by atoms with Crippen molar-refractivity contribution in [2.75, 3.05) is 11.9 Å². The molecule has 0 spiro atoms. The van der Waals surface area contributed by atoms with Crippen LogP contribution in [0.2, 0.25) is 0 Å². The predicted octanol–water partition coefficient (Wildman–Crippen LogP) is 2.85. The van der Waals surface area contributed by atoms with Crippen LogP contribution < -0.4 is 10.9 Å². The van der Waals surface area contributed by atoms with Crippen LogP contribution in [-0.4, -0.2) is 21.3 Å². The Kier molecular flexibility index (Phi) is 4.54. The number of rotatable bonds is 5. The maximum Gasteiger partial charge on any atom is 0.260 e. The van der Waals surface area contributed by atoms with Crippen molar-refractivity contribution in [1.82, 2.24) is 14.8 Å². The SMILES string of the molecule is CCCNc1nnc(-c2ccc(C(C)C)n(C)c2=O)s1. The zero-order valence-electron chi connectivity index (χ0n) is 12.3. The number of anilines is 1. The van der Waals surface area contributed by atoms with Crippen LogP contribution in [0.5, 0.6) is 0 Å². The Morgan fingerprint density at radius 3 is 2.75 bits per heavy atom. The molecule has 2 aromatic rings. The van der Waals surface area contributed by atoms with Gasteiger partial charge in [0.05, 0.1) is 5.56 Å². The number of hydrogen-bond acceptors (Lipinski definition) is 5. The van der Waals surface area contributed by atoms with E-state index < -0.39 is 0 Å². The van der Waals surface area contributed by atoms with Crippen molar-refractivity contribution in [1.29, 1.82) is 0 Å². The molecule has 20 heavy (non-hydrogen) atoms. The van der Waals surface area contributed by atoms with Gasteiger partial charge in [0.25, 0.3) is 5.56 Å². The molecule has 0 aliphatic carbocycles. The first-order valence-electron chi connectivity index (χ1n) is 6.82. The standard InChI is InChI=1S/C14H20N4OS/c1-5-8-15-14-17-16-12(20-14)10-6-7-11(9(2)3)18(4)13(10)19/h6-7,9H,5,8H2,1-4H3,(H,15,17). The molecule has 0 saturated heterocycles. The number of aromatic nitrogens is 3. The second kappa shape index (κ2) is 6.17. The molecule has 0 aromatic carbocycles. The van der Waals surface area contributed by atoms with E-state index in [0.717, 1.165) is 23.8 Å². The summed E-state index contributed by atoms with van der Waals surface area (Å²) in [6.45, 7) is 7.10. The summed E-state index contributed by atoms with van der Waals surface area (Å²) < 4.78 is 1.69. The van der Waals surface area contributed by atoms with E-state index in [1.807, 2.05) is 12.1 Å². The fourth-order valence-corrected chi connectivity index (χ4v) is 2.81. The number of nitrogens with one attached hydrogen (secondary N) is 1. The molecule has 1 N–H and O–H groups in total. The highest BCUT2D eigenvalue weighted by Crippen LogP contribution is 2.24. The topological polar surface area (TPSA) is 59.8 Å². The zero-order chi connectivity index (χ0) is 14.7. The molecule has 0 bridgehead atoms. The van der Waals surface area contributed by atoms with Crippen molar-refractivity contribution < 1.29 is 0 Å². The van der Waals surface area contributed by atoms with Crippen LogP contribution >= 0.6 is 11.3 Å². The van der Waals surface area contributed by atoms with E-state index in [0.29, 0.717) is 16.5 Å². The maximum absolute atomic E-state index is 12.4. The van der Waals surface area contributed by atoms with Crippen LogP contribution in [0.1, 0.15) is 38.8 Å². The van der Waals surface area contributed by atoms with E-state index in [2.05, 4.69) is 36.3 Å². The molecule has 5 nitrogen and oxygen atoms in total. The second-order valence-corrected chi connectivity index (χ2v) is 6.01. The monoisotopic (exact) mass is 292 g/mol. The normalized spacial score (nSPS) is 11.1. The molecular formula is C14H20N4OS. The smallest absolute Gasteiger partial charge is 0.260 e. The zero-order valence-corrected chi connectivity index (χ0v) is 13.1. The van der Waals surface area contributed by atoms with E-state index in [1.165, 1.54) is 11.3 Å². The molecule has 0 aliphatic rings. The quantitative estimate of drug-likeness (QED) is 0.920. The molecule has 0 radical (unpaired) electrons. The van der Waals surface area contributed by atoms with E-state index in [-0.39, 0.29) is 5.56 Å². The Morgan fingerprint density at radius 2 is 2.10 bits per heavy atom. The minimum atomic E-state index is -0.0191. The summed E-state index contributed by atoms with van der Waals surface area (Å²) in [6, 6.07) is 3.84. The molecule has 0 amide bonds. The highest BCUT2D eigenvalue weighted by atomic mass is 32.1. The van der Waals surface area contributed by atoms with Gasteiger partial charge in [-0.1, -0.05) is 32.1 Å². The number of pyridine rings is 1. The molecule has 2 heterocycles. The third-order valence-electron chi connectivity index (χ3n) is 3.12. The minimum absolute atomic E-state index is 0.0191. The first-order chi connectivity index (χ1) is 9.54. The van der Waals surface area contributed by atoms with Gasteiger partial charge >= 0.3 is 0 Å². The Hall–Kier alpha value is -1.69. The van der Waals surface area contributed by atoms with Gasteiger partial charge in [0.15, 0.2) is 5.01 Å². The first-order valence-corrected chi connectivity index (χ1v) is 7.64. The second-order valence-electron chi connectivity index (χ2n) is 5.03. The molecule has 0 fully saturated rings. The van der Waals surface area contributed by atoms with Gasteiger partial charge in [-0.2, -0.15) is 0 Å². The third kappa shape index (κ3) is 2.90. The van der Waals surface area contributed by atoms with Gasteiger partial charge in [-0.05, 0) is 24.5 Å². The van der Waals surface area contributed by atoms with Crippen LogP contribution in [0.15, 0.2) is 16.9 Å². The van der Waals surface area contributed by atoms with Crippen molar-refractivity contribution in [3.63, 3.8) is 0 Å². The summed E-state index contributed by atoms with van der Waals surface area (Å²) in [6.07, 6.45) is 1.03. The van der Waals surface area contributed by atoms with Crippen molar-refractivity contribution >= 4 is 16.5 Å². The van der Waals surface area contributed by atoms with Gasteiger partial charge in [-0.15, -0.1) is 10.2 Å². The van der Waals surface area contributed by atoms with Crippen LogP contribution in [0.4, 0.5) is 5.13 Å². The van der Waals surface area contributed by atoms with Crippen molar-refractivity contribution in [3.05, 3.63) is 28.2 Å². The average molecular weight is 292 g/mol. The van der Waals surface area contributed by atoms with Crippen molar-refractivity contribution in [2.24, 2.45) is 7.05 Å². The van der Waals surface area contributed by atoms with Gasteiger partial charge in [0.1, 0.15) is 0 Å². The summed E-state index contributed by atoms with van der Waals surface area (Å²) in [4.78, 5) is 12.4. The van der Waals surface area contributed by atoms with Crippen LogP contribution in [0, 0.1) is 0 Å². The van der Waals surface area contributed by atoms with E-state index in [9.17, 15) is 4.79 Å². The van der Waals surface area contributed by atoms with E-state index >= 15 is 0 Å². The molecule has 0 aliphatic heterocycles. The molecule has 0 unspecified atom stereocenters. The summed E-state index contributed by atoms with van der Waals surface area (Å²) in [5, 5.41) is 12.8. The molecule has 0 saturated carbocycles. The molecule has 108 valence electrons. The van der Waals surface area contributed by atoms with Gasteiger partial charge in [0.2, 0.25) is 5.13 Å². The number of hydrogen-bond donors (Lipinski definition) is 1. The van der Waals surface area contributed by atoms with Gasteiger partial charge in [-0.25, -0.2) is 0 Å². The molecule has 2 aromatic heterocycles. The third-order valence-corrected chi connectivity index (χ3v) is 4.03. The fourth-order valence-electron chi connectivity index (χ4n) is 2.03. The Balaban J connectivity index is 2.36. The molecule has 0 atom stereocenters. The lowest BCUT2D eigenvalue weighted by atomic mass is 10.1. The summed E-state index contributed by atoms with van der Waals surface area (Å²) in [5.41, 5.74) is 1.61. The predicted molar refractivity (Wildman–Crippen MR) is 83.5 cm³/mol. The minimum Gasteiger partial charge on any atom is -0.360 e. The highest BCUT2D eigenvalue weighted by Gasteiger charge is 2.13. The van der Waals surface area contributed by atoms with Crippen LogP contribution in [0.25, 0.3) is 10.6 Å². The summed E-state index contributed by atoms with van der Waals surface area (Å²) in [7, 11) is 1.80. The maximum atomic E-state index is 12.4. The highest BCUT2D eigenvalue weighted by molar-refractivity contribution is 7.18. The first kappa shape index (κ1) is 14.7. The Morgan fingerprint density at radius 1 is 1.35 bits per heavy atom. The lowest BCUT2D eigenvalue weighted by Crippen LogP contribution is -2.22. The van der Waals surface area contributed by atoms with E-state index in [1.54, 1.807) is 11.6 Å². The Bertz CT molecular complexity index is 645. The lowest BCUT2D eigenvalue weighted by Gasteiger charge is -2.11. The van der Waals surface area contributed by atoms with Crippen LogP contribution in [-0.2, 0) is 7.05 Å². The lowest BCUT2D eigenvalue weighted by molar-refractivity contribution is 0.708. The Labute approximate surface area is 122 Å². The fraction of sp³-hybridized carbons (Fsp3) is 0.500. The molecular weight excluding hydrogens is 272 g/mol. The summed E-state index contributed by atoms with van der Waals surface area (Å²) in [5.74, 6) is 0.318. The molecule has 2 rings (SSSR count). The van der Waals surface area contributed by atoms with E-state index in [4.69, 9.17) is 0 Å². The number of nitrogens with zero attached hydrogens (tertiary/aromatic N) is 3. The average Bonchev–Trinajstić information content (AvgIpc) is 2.87. The van der Waals surface area contributed by atoms with Gasteiger partial charge < -0.3 is 9.88 Å². The summed E-state index contributed by atoms with van der Waals surface area (Å²) >= 11 is 1.42. The van der Waals surface area contributed by atoms with Crippen LogP contribution in [0.3, 0.4) is 0 Å². The van der Waals surface area contributed by atoms with Gasteiger partial charge in [-0.3, -0.25) is 4.79 Å². The van der Waals surface area contributed by atoms with Crippen molar-refractivity contribution in [3.8, 4) is 10.6 Å². The van der Waals surface area contributed by atoms with Gasteiger partial charge in [0, 0.05) is 19.3 Å². The van der Waals surface area contributed by atoms with Crippen molar-refractivity contribution in [2.45, 2.75) is 33.1 Å².